The van der Waals surface area contributed by atoms with Crippen molar-refractivity contribution >= 4 is 106 Å². The van der Waals surface area contributed by atoms with Gasteiger partial charge < -0.3 is 24.5 Å². The molecule has 12 heteroatoms. The van der Waals surface area contributed by atoms with Crippen LogP contribution in [0.4, 0.5) is 89.0 Å². The number of hydrogen-bond acceptors (Lipinski definition) is 11. The van der Waals surface area contributed by atoms with E-state index in [9.17, 15) is 4.39 Å². The van der Waals surface area contributed by atoms with E-state index in [1.165, 1.54) is 184 Å². The average Bonchev–Trinajstić information content (AvgIpc) is 1.36. The quantitative estimate of drug-likeness (QED) is 0.154. The summed E-state index contributed by atoms with van der Waals surface area (Å²) in [4.78, 5) is 21.7. The number of nitrogens with zero attached hydrogens (tertiary/aromatic N) is 10. The molecule has 0 unspecified atom stereocenters. The lowest BCUT2D eigenvalue weighted by atomic mass is 9.60. The molecule has 7 aliphatic rings. The Bertz CT molecular complexity index is 7350. The zero-order chi connectivity index (χ0) is 95.9. The van der Waals surface area contributed by atoms with Crippen LogP contribution in [0, 0.1) is 47.4 Å². The van der Waals surface area contributed by atoms with Gasteiger partial charge in [-0.1, -0.05) is 297 Å². The maximum absolute atomic E-state index is 13.5. The largest absolute Gasteiger partial charge is 0.329 e. The molecule has 15 aromatic rings. The van der Waals surface area contributed by atoms with Gasteiger partial charge in [-0.3, -0.25) is 24.5 Å². The second-order valence-corrected chi connectivity index (χ2v) is 41.3. The van der Waals surface area contributed by atoms with E-state index in [2.05, 4.69) is 466 Å². The molecule has 6 heterocycles. The lowest BCUT2D eigenvalue weighted by Gasteiger charge is -2.44. The first-order valence-electron chi connectivity index (χ1n) is 46.9. The fourth-order valence-corrected chi connectivity index (χ4v) is 22.6. The third-order valence-electron chi connectivity index (χ3n) is 29.5. The van der Waals surface area contributed by atoms with Crippen LogP contribution >= 0.6 is 11.3 Å². The molecule has 0 amide bonds. The second-order valence-electron chi connectivity index (χ2n) is 40.3. The summed E-state index contributed by atoms with van der Waals surface area (Å²) in [7, 11) is 10.3. The number of aryl methyl sites for hydroxylation is 6. The van der Waals surface area contributed by atoms with Crippen molar-refractivity contribution < 1.29 is 4.39 Å². The fourth-order valence-electron chi connectivity index (χ4n) is 21.4. The second kappa shape index (κ2) is 34.3. The zero-order valence-electron chi connectivity index (χ0n) is 82.6. The van der Waals surface area contributed by atoms with Crippen LogP contribution in [0.15, 0.2) is 359 Å². The highest BCUT2D eigenvalue weighted by molar-refractivity contribution is 7.23. The van der Waals surface area contributed by atoms with Crippen molar-refractivity contribution in [2.75, 3.05) is 84.2 Å². The fraction of sp³-hybridized carbons (Fsp3) is 0.220. The van der Waals surface area contributed by atoms with Crippen LogP contribution in [0.2, 0.25) is 0 Å². The summed E-state index contributed by atoms with van der Waals surface area (Å²) in [5, 5.41) is 2.60. The van der Waals surface area contributed by atoms with E-state index in [0.717, 1.165) is 51.7 Å². The van der Waals surface area contributed by atoms with E-state index < -0.39 is 0 Å². The van der Waals surface area contributed by atoms with E-state index in [-0.39, 0.29) is 32.9 Å². The van der Waals surface area contributed by atoms with Crippen molar-refractivity contribution in [2.45, 2.75) is 145 Å². The molecule has 14 aromatic carbocycles. The molecule has 0 atom stereocenters. The molecule has 0 bridgehead atoms. The summed E-state index contributed by atoms with van der Waals surface area (Å²) in [5.41, 5.74) is 41.3. The normalized spacial score (nSPS) is 15.7. The van der Waals surface area contributed by atoms with Crippen molar-refractivity contribution in [3.8, 4) is 22.3 Å². The average molecular weight is 1790 g/mol. The summed E-state index contributed by atoms with van der Waals surface area (Å²) in [6.07, 6.45) is 0. The van der Waals surface area contributed by atoms with Crippen LogP contribution in [-0.4, -0.2) is 35.2 Å². The third kappa shape index (κ3) is 15.3. The van der Waals surface area contributed by atoms with Crippen LogP contribution in [-0.2, 0) is 27.1 Å². The highest BCUT2D eigenvalue weighted by Crippen LogP contribution is 2.57. The number of benzene rings is 14. The Labute approximate surface area is 804 Å². The lowest BCUT2D eigenvalue weighted by Crippen LogP contribution is -2.36. The Hall–Kier alpha value is -14.3. The Morgan fingerprint density at radius 3 is 1.05 bits per heavy atom. The van der Waals surface area contributed by atoms with Crippen molar-refractivity contribution in [3.63, 3.8) is 0 Å². The van der Waals surface area contributed by atoms with Gasteiger partial charge in [-0.15, -0.1) is 11.3 Å². The summed E-state index contributed by atoms with van der Waals surface area (Å²) < 4.78 is 14.9. The number of thiophene rings is 1. The van der Waals surface area contributed by atoms with Crippen molar-refractivity contribution in [2.24, 2.45) is 0 Å². The first-order chi connectivity index (χ1) is 64.2. The molecule has 0 radical (unpaired) electrons. The van der Waals surface area contributed by atoms with Gasteiger partial charge in [-0.05, 0) is 261 Å². The highest BCUT2D eigenvalue weighted by atomic mass is 32.1. The predicted octanol–water partition coefficient (Wildman–Crippen LogP) is 32.5. The van der Waals surface area contributed by atoms with Gasteiger partial charge in [0.1, 0.15) is 39.9 Å². The number of para-hydroxylation sites is 8. The highest BCUT2D eigenvalue weighted by Gasteiger charge is 2.45. The Morgan fingerprint density at radius 2 is 0.585 bits per heavy atom. The third-order valence-corrected chi connectivity index (χ3v) is 30.8. The minimum atomic E-state index is -0.236. The van der Waals surface area contributed by atoms with Crippen LogP contribution < -0.4 is 49.0 Å². The Kier molecular flexibility index (Phi) is 23.2. The van der Waals surface area contributed by atoms with Crippen LogP contribution in [0.1, 0.15) is 160 Å². The van der Waals surface area contributed by atoms with Gasteiger partial charge in [-0.25, -0.2) is 4.39 Å². The number of halogens is 1. The van der Waals surface area contributed by atoms with Gasteiger partial charge in [0, 0.05) is 67.7 Å². The lowest BCUT2D eigenvalue weighted by molar-refractivity contribution is 0.521. The summed E-state index contributed by atoms with van der Waals surface area (Å²) in [5.74, 6) is 4.55. The number of fused-ring (bicyclic) bond motifs is 10. The summed E-state index contributed by atoms with van der Waals surface area (Å²) in [6.45, 7) is 60.1. The monoisotopic (exact) mass is 1790 g/mol. The number of anilines is 15. The van der Waals surface area contributed by atoms with Crippen LogP contribution in [0.5, 0.6) is 0 Å². The molecular formula is C123H125FN10S. The van der Waals surface area contributed by atoms with Gasteiger partial charge in [0.05, 0.1) is 79.6 Å². The van der Waals surface area contributed by atoms with Gasteiger partial charge >= 0.3 is 0 Å². The standard InChI is InChI=1S/2C34H34N2.C20H24N2.C19H18N2S.C16H15FN2/c1-22-20-24(17-19-30(22)36-23(2)35(7)31-14-10-11-15-32(31)36)25-16-18-28-29(21-25)34(5,6)27-13-9-8-12-26(27)33(28,3)4;1-22-16-17-25(21-32(22)36-23(2)35(7)30-14-10-11-15-31(30)36)24-18-19-28-29(20-24)34(5,6)27-13-9-8-12-26(27)33(28,3)4;1-14-13-16(20(3,4)5)11-12-17(14)22-15(2)21(6)18-9-7-8-10-19(18)22;1-12-8-7-10-16-18(12)21(14(3)20(16)4)19-13(2)15-9-5-6-11-17(15)22-19;1-11-6-4-5-7-14(11)19-12(2)18(3)15-9-8-13(17)10-16(15)19/h2*8-21H,2H2,1,3-7H3;7-13H,2H2,1,3-6H3;5-11H,3H2,1-2,4H3;4-10H,2H2,1,3H3. The molecule has 10 nitrogen and oxygen atoms in total. The molecule has 0 saturated carbocycles. The van der Waals surface area contributed by atoms with Crippen molar-refractivity contribution in [1.29, 1.82) is 0 Å². The van der Waals surface area contributed by atoms with Gasteiger partial charge in [-0.2, -0.15) is 0 Å². The number of rotatable bonds is 7. The molecule has 2 aliphatic carbocycles. The van der Waals surface area contributed by atoms with E-state index >= 15 is 0 Å². The maximum Gasteiger partial charge on any atom is 0.125 e. The Balaban J connectivity index is 0.000000115. The van der Waals surface area contributed by atoms with Crippen molar-refractivity contribution in [1.82, 2.24) is 0 Å². The topological polar surface area (TPSA) is 32.4 Å². The minimum Gasteiger partial charge on any atom is -0.329 e. The molecule has 135 heavy (non-hydrogen) atoms. The summed E-state index contributed by atoms with van der Waals surface area (Å²) >= 11 is 1.84. The van der Waals surface area contributed by atoms with Gasteiger partial charge in [0.25, 0.3) is 0 Å². The molecule has 0 N–H and O–H groups in total. The van der Waals surface area contributed by atoms with Gasteiger partial charge in [0.15, 0.2) is 0 Å². The van der Waals surface area contributed by atoms with E-state index in [1.54, 1.807) is 12.1 Å². The molecule has 22 rings (SSSR count). The first-order valence-corrected chi connectivity index (χ1v) is 47.7. The smallest absolute Gasteiger partial charge is 0.125 e. The molecule has 0 saturated heterocycles. The predicted molar refractivity (Wildman–Crippen MR) is 578 cm³/mol. The van der Waals surface area contributed by atoms with E-state index in [1.807, 2.05) is 59.4 Å². The van der Waals surface area contributed by atoms with E-state index in [0.29, 0.717) is 0 Å². The number of hydrogen-bond donors (Lipinski definition) is 0. The minimum absolute atomic E-state index is 0.0186. The summed E-state index contributed by atoms with van der Waals surface area (Å²) in [6, 6.07) is 106. The van der Waals surface area contributed by atoms with Crippen LogP contribution in [0.3, 0.4) is 0 Å². The SMILES string of the molecule is C=C1N(C)c2ccc(F)cc2N1c1ccccc1C.C=C1N(C)c2cccc(C)c2N1c1sc2ccccc2c1C.C=C1N(C)c2ccccc2N1c1cc(-c2ccc3c(c2)C(C)(C)c2ccccc2C3(C)C)ccc1C.C=C1N(C)c2ccccc2N1c1ccc(-c2ccc3c(c2)C(C)(C)c2ccccc2C3(C)C)cc1C.C=C1N(C)c2ccccc2N1c1ccc(C(C)(C)C)cc1C. The molecule has 680 valence electrons. The zero-order valence-corrected chi connectivity index (χ0v) is 83.4. The van der Waals surface area contributed by atoms with Gasteiger partial charge in [0.2, 0.25) is 0 Å². The molecule has 5 aliphatic heterocycles. The molecule has 1 aromatic heterocycles. The maximum atomic E-state index is 13.5. The first kappa shape index (κ1) is 91.2. The molecule has 0 fully saturated rings. The Morgan fingerprint density at radius 1 is 0.259 bits per heavy atom. The molecular weight excluding hydrogens is 1670 g/mol. The van der Waals surface area contributed by atoms with Crippen LogP contribution in [0.25, 0.3) is 32.3 Å². The van der Waals surface area contributed by atoms with E-state index in [4.69, 9.17) is 0 Å². The molecule has 0 spiro atoms. The van der Waals surface area contributed by atoms with Crippen molar-refractivity contribution in [3.05, 3.63) is 449 Å².